The molecule has 80 valence electrons. The van der Waals surface area contributed by atoms with E-state index in [0.29, 0.717) is 5.52 Å². The molecule has 0 unspecified atom stereocenters. The van der Waals surface area contributed by atoms with Crippen LogP contribution in [0.4, 0.5) is 0 Å². The highest BCUT2D eigenvalue weighted by Crippen LogP contribution is 2.23. The van der Waals surface area contributed by atoms with Gasteiger partial charge in [0.15, 0.2) is 0 Å². The lowest BCUT2D eigenvalue weighted by Gasteiger charge is -2.00. The molecule has 0 aliphatic rings. The Bertz CT molecular complexity index is 755. The van der Waals surface area contributed by atoms with Gasteiger partial charge in [-0.25, -0.2) is 4.79 Å². The fourth-order valence-electron chi connectivity index (χ4n) is 1.97. The van der Waals surface area contributed by atoms with E-state index in [0.717, 1.165) is 21.1 Å². The minimum atomic E-state index is -0.307. The summed E-state index contributed by atoms with van der Waals surface area (Å²) in [6.07, 6.45) is 1.48. The Morgan fingerprint density at radius 2 is 2.06 bits per heavy atom. The van der Waals surface area contributed by atoms with Crippen molar-refractivity contribution in [1.82, 2.24) is 4.40 Å². The number of halogens is 1. The van der Waals surface area contributed by atoms with Crippen LogP contribution in [0, 0.1) is 6.92 Å². The molecule has 0 spiro atoms. The largest absolute Gasteiger partial charge is 0.428 e. The normalized spacial score (nSPS) is 11.4. The number of fused-ring (bicyclic) bond motifs is 3. The van der Waals surface area contributed by atoms with Crippen LogP contribution in [0.25, 0.3) is 16.4 Å². The van der Waals surface area contributed by atoms with Gasteiger partial charge >= 0.3 is 5.63 Å². The predicted molar refractivity (Wildman–Crippen MR) is 65.9 cm³/mol. The van der Waals surface area contributed by atoms with Crippen molar-refractivity contribution in [2.24, 2.45) is 0 Å². The molecule has 4 heteroatoms. The number of aromatic nitrogens is 1. The second-order valence-corrected chi connectivity index (χ2v) is 4.65. The van der Waals surface area contributed by atoms with Gasteiger partial charge in [0.2, 0.25) is 0 Å². The molecule has 0 aliphatic heterocycles. The molecular formula is C12H8BrNO2. The Hall–Kier alpha value is -1.55. The molecule has 3 nitrogen and oxygen atoms in total. The van der Waals surface area contributed by atoms with Crippen molar-refractivity contribution in [1.29, 1.82) is 0 Å². The number of benzene rings is 1. The van der Waals surface area contributed by atoms with E-state index >= 15 is 0 Å². The molecule has 2 heterocycles. The SMILES string of the molecule is Cc1coc(=O)c2cc3cc(Br)ccc3n12. The molecule has 1 aromatic carbocycles. The zero-order valence-electron chi connectivity index (χ0n) is 8.53. The Kier molecular flexibility index (Phi) is 1.94. The Labute approximate surface area is 99.4 Å². The standard InChI is InChI=1S/C12H8BrNO2/c1-7-6-16-12(15)11-5-8-4-9(13)2-3-10(8)14(7)11/h2-6H,1H3. The van der Waals surface area contributed by atoms with Crippen molar-refractivity contribution < 1.29 is 4.42 Å². The first-order valence-electron chi connectivity index (χ1n) is 4.86. The van der Waals surface area contributed by atoms with E-state index in [-0.39, 0.29) is 5.63 Å². The quantitative estimate of drug-likeness (QED) is 0.633. The molecule has 0 saturated carbocycles. The van der Waals surface area contributed by atoms with E-state index in [2.05, 4.69) is 15.9 Å². The molecule has 0 fully saturated rings. The van der Waals surface area contributed by atoms with Crippen molar-refractivity contribution in [2.75, 3.05) is 0 Å². The van der Waals surface area contributed by atoms with E-state index in [1.165, 1.54) is 6.26 Å². The van der Waals surface area contributed by atoms with Gasteiger partial charge in [-0.15, -0.1) is 0 Å². The second-order valence-electron chi connectivity index (χ2n) is 3.73. The van der Waals surface area contributed by atoms with E-state index in [1.807, 2.05) is 35.6 Å². The number of rotatable bonds is 0. The van der Waals surface area contributed by atoms with Crippen molar-refractivity contribution >= 4 is 32.3 Å². The number of nitrogens with zero attached hydrogens (tertiary/aromatic N) is 1. The van der Waals surface area contributed by atoms with Gasteiger partial charge in [-0.3, -0.25) is 0 Å². The summed E-state index contributed by atoms with van der Waals surface area (Å²) < 4.78 is 7.85. The lowest BCUT2D eigenvalue weighted by atomic mass is 10.2. The molecule has 0 saturated heterocycles. The van der Waals surface area contributed by atoms with Crippen molar-refractivity contribution in [3.8, 4) is 0 Å². The third-order valence-corrected chi connectivity index (χ3v) is 3.16. The molecule has 3 rings (SSSR count). The van der Waals surface area contributed by atoms with Crippen LogP contribution in [0.1, 0.15) is 5.69 Å². The van der Waals surface area contributed by atoms with Gasteiger partial charge in [0.1, 0.15) is 11.8 Å². The summed E-state index contributed by atoms with van der Waals surface area (Å²) in [5.74, 6) is 0. The summed E-state index contributed by atoms with van der Waals surface area (Å²) in [4.78, 5) is 11.6. The third kappa shape index (κ3) is 1.23. The maximum Gasteiger partial charge on any atom is 0.360 e. The fraction of sp³-hybridized carbons (Fsp3) is 0.0833. The van der Waals surface area contributed by atoms with Crippen LogP contribution >= 0.6 is 15.9 Å². The highest BCUT2D eigenvalue weighted by atomic mass is 79.9. The highest BCUT2D eigenvalue weighted by Gasteiger charge is 2.08. The topological polar surface area (TPSA) is 34.6 Å². The average molecular weight is 278 g/mol. The number of hydrogen-bond donors (Lipinski definition) is 0. The third-order valence-electron chi connectivity index (χ3n) is 2.66. The average Bonchev–Trinajstić information content (AvgIpc) is 2.63. The molecule has 2 aromatic heterocycles. The van der Waals surface area contributed by atoms with E-state index in [9.17, 15) is 4.79 Å². The van der Waals surface area contributed by atoms with Crippen LogP contribution < -0.4 is 5.63 Å². The van der Waals surface area contributed by atoms with Crippen molar-refractivity contribution in [3.05, 3.63) is 51.1 Å². The summed E-state index contributed by atoms with van der Waals surface area (Å²) in [7, 11) is 0. The summed E-state index contributed by atoms with van der Waals surface area (Å²) in [5, 5.41) is 1.02. The summed E-state index contributed by atoms with van der Waals surface area (Å²) >= 11 is 3.42. The monoisotopic (exact) mass is 277 g/mol. The molecule has 16 heavy (non-hydrogen) atoms. The summed E-state index contributed by atoms with van der Waals surface area (Å²) in [5.41, 5.74) is 2.20. The van der Waals surface area contributed by atoms with Crippen molar-refractivity contribution in [3.63, 3.8) is 0 Å². The fourth-order valence-corrected chi connectivity index (χ4v) is 2.35. The Morgan fingerprint density at radius 1 is 1.25 bits per heavy atom. The number of hydrogen-bond acceptors (Lipinski definition) is 2. The molecule has 0 N–H and O–H groups in total. The van der Waals surface area contributed by atoms with Crippen LogP contribution in [0.3, 0.4) is 0 Å². The van der Waals surface area contributed by atoms with Gasteiger partial charge in [0.05, 0.1) is 11.2 Å². The lowest BCUT2D eigenvalue weighted by molar-refractivity contribution is 0.504. The predicted octanol–water partition coefficient (Wildman–Crippen LogP) is 3.12. The molecule has 3 aromatic rings. The van der Waals surface area contributed by atoms with Crippen LogP contribution in [0.2, 0.25) is 0 Å². The van der Waals surface area contributed by atoms with Crippen LogP contribution in [-0.2, 0) is 0 Å². The second kappa shape index (κ2) is 3.22. The first-order valence-corrected chi connectivity index (χ1v) is 5.65. The van der Waals surface area contributed by atoms with Gasteiger partial charge in [-0.05, 0) is 31.2 Å². The minimum absolute atomic E-state index is 0.307. The lowest BCUT2D eigenvalue weighted by Crippen LogP contribution is -2.04. The van der Waals surface area contributed by atoms with E-state index in [1.54, 1.807) is 0 Å². The minimum Gasteiger partial charge on any atom is -0.428 e. The van der Waals surface area contributed by atoms with Crippen LogP contribution in [0.15, 0.2) is 44.2 Å². The molecule has 0 aliphatic carbocycles. The summed E-state index contributed by atoms with van der Waals surface area (Å²) in [6, 6.07) is 7.78. The first-order chi connectivity index (χ1) is 7.66. The summed E-state index contributed by atoms with van der Waals surface area (Å²) in [6.45, 7) is 1.91. The molecule has 0 atom stereocenters. The van der Waals surface area contributed by atoms with Gasteiger partial charge < -0.3 is 8.82 Å². The van der Waals surface area contributed by atoms with Gasteiger partial charge in [-0.1, -0.05) is 15.9 Å². The smallest absolute Gasteiger partial charge is 0.360 e. The highest BCUT2D eigenvalue weighted by molar-refractivity contribution is 9.10. The molecule has 0 amide bonds. The molecule has 0 bridgehead atoms. The zero-order valence-corrected chi connectivity index (χ0v) is 10.1. The Balaban J connectivity index is 2.66. The maximum atomic E-state index is 11.6. The molecular weight excluding hydrogens is 270 g/mol. The van der Waals surface area contributed by atoms with Gasteiger partial charge in [0, 0.05) is 9.86 Å². The zero-order chi connectivity index (χ0) is 11.3. The van der Waals surface area contributed by atoms with E-state index in [4.69, 9.17) is 4.42 Å². The number of aryl methyl sites for hydroxylation is 1. The Morgan fingerprint density at radius 3 is 2.88 bits per heavy atom. The van der Waals surface area contributed by atoms with Gasteiger partial charge in [0.25, 0.3) is 0 Å². The van der Waals surface area contributed by atoms with E-state index < -0.39 is 0 Å². The van der Waals surface area contributed by atoms with Crippen LogP contribution in [0.5, 0.6) is 0 Å². The maximum absolute atomic E-state index is 11.6. The molecule has 0 radical (unpaired) electrons. The first kappa shape index (κ1) is 9.66. The van der Waals surface area contributed by atoms with Crippen molar-refractivity contribution in [2.45, 2.75) is 6.92 Å². The van der Waals surface area contributed by atoms with Crippen LogP contribution in [-0.4, -0.2) is 4.40 Å². The van der Waals surface area contributed by atoms with Gasteiger partial charge in [-0.2, -0.15) is 0 Å².